The third-order valence-corrected chi connectivity index (χ3v) is 2.22. The molecule has 0 heterocycles. The fraction of sp³-hybridized carbons (Fsp3) is 1.00. The normalized spacial score (nSPS) is 11.1. The van der Waals surface area contributed by atoms with Gasteiger partial charge in [-0.15, -0.1) is 0 Å². The smallest absolute Gasteiger partial charge is 0.158 e. The van der Waals surface area contributed by atoms with Crippen molar-refractivity contribution >= 4 is 11.8 Å². The van der Waals surface area contributed by atoms with Crippen molar-refractivity contribution < 1.29 is 9.47 Å². The maximum absolute atomic E-state index is 5.56. The maximum atomic E-state index is 5.56. The fourth-order valence-electron chi connectivity index (χ4n) is 0.927. The van der Waals surface area contributed by atoms with Gasteiger partial charge in [0.1, 0.15) is 0 Å². The van der Waals surface area contributed by atoms with Crippen molar-refractivity contribution in [2.24, 2.45) is 0 Å². The molecule has 0 aliphatic rings. The molecule has 80 valence electrons. The number of rotatable bonds is 9. The molecule has 0 bridgehead atoms. The summed E-state index contributed by atoms with van der Waals surface area (Å²) in [6.45, 7) is 5.85. The Balaban J connectivity index is 3.47. The van der Waals surface area contributed by atoms with Gasteiger partial charge in [0.25, 0.3) is 0 Å². The van der Waals surface area contributed by atoms with E-state index >= 15 is 0 Å². The van der Waals surface area contributed by atoms with Gasteiger partial charge in [-0.3, -0.25) is 0 Å². The lowest BCUT2D eigenvalue weighted by molar-refractivity contribution is -0.142. The Hall–Kier alpha value is 0.270. The summed E-state index contributed by atoms with van der Waals surface area (Å²) in [5, 5.41) is 0. The van der Waals surface area contributed by atoms with Gasteiger partial charge in [0, 0.05) is 19.6 Å². The van der Waals surface area contributed by atoms with Crippen LogP contribution in [0.3, 0.4) is 0 Å². The average Bonchev–Trinajstić information content (AvgIpc) is 2.17. The summed E-state index contributed by atoms with van der Waals surface area (Å²) in [6, 6.07) is 0. The first kappa shape index (κ1) is 13.3. The summed E-state index contributed by atoms with van der Waals surface area (Å²) in [5.41, 5.74) is 0. The number of ether oxygens (including phenoxy) is 2. The summed E-state index contributed by atoms with van der Waals surface area (Å²) in [6.07, 6.45) is 5.25. The van der Waals surface area contributed by atoms with E-state index in [9.17, 15) is 0 Å². The Bertz CT molecular complexity index is 79.9. The molecular formula is C10H22O2S. The second-order valence-corrected chi connectivity index (χ2v) is 3.94. The van der Waals surface area contributed by atoms with Crippen molar-refractivity contribution in [1.29, 1.82) is 0 Å². The molecule has 0 aromatic heterocycles. The summed E-state index contributed by atoms with van der Waals surface area (Å²) in [4.78, 5) is 0. The van der Waals surface area contributed by atoms with Gasteiger partial charge in [-0.1, -0.05) is 13.8 Å². The van der Waals surface area contributed by atoms with E-state index in [-0.39, 0.29) is 6.29 Å². The molecule has 0 saturated carbocycles. The summed E-state index contributed by atoms with van der Waals surface area (Å²) >= 11 is 1.84. The van der Waals surface area contributed by atoms with E-state index in [2.05, 4.69) is 20.1 Å². The Morgan fingerprint density at radius 1 is 1.08 bits per heavy atom. The predicted octanol–water partition coefficient (Wildman–Crippen LogP) is 2.92. The Labute approximate surface area is 86.4 Å². The van der Waals surface area contributed by atoms with Crippen molar-refractivity contribution in [2.75, 3.05) is 25.2 Å². The number of thioether (sulfide) groups is 1. The average molecular weight is 206 g/mol. The van der Waals surface area contributed by atoms with E-state index in [0.717, 1.165) is 38.2 Å². The van der Waals surface area contributed by atoms with Crippen molar-refractivity contribution in [1.82, 2.24) is 0 Å². The van der Waals surface area contributed by atoms with E-state index in [0.29, 0.717) is 0 Å². The van der Waals surface area contributed by atoms with Crippen LogP contribution in [-0.2, 0) is 9.47 Å². The zero-order valence-corrected chi connectivity index (χ0v) is 9.86. The standard InChI is InChI=1S/C10H22O2S/c1-4-7-11-10(6-9-13-3)12-8-5-2/h10H,4-9H2,1-3H3. The first-order valence-electron chi connectivity index (χ1n) is 5.07. The topological polar surface area (TPSA) is 18.5 Å². The molecule has 0 amide bonds. The van der Waals surface area contributed by atoms with Gasteiger partial charge in [0.15, 0.2) is 6.29 Å². The summed E-state index contributed by atoms with van der Waals surface area (Å²) in [5.74, 6) is 1.11. The molecule has 0 spiro atoms. The molecule has 0 rings (SSSR count). The van der Waals surface area contributed by atoms with Gasteiger partial charge in [-0.05, 0) is 24.9 Å². The van der Waals surface area contributed by atoms with Crippen LogP contribution in [0.4, 0.5) is 0 Å². The quantitative estimate of drug-likeness (QED) is 0.540. The highest BCUT2D eigenvalue weighted by Gasteiger charge is 2.07. The SMILES string of the molecule is CCCOC(CCSC)OCCC. The van der Waals surface area contributed by atoms with Crippen LogP contribution in [0.25, 0.3) is 0 Å². The van der Waals surface area contributed by atoms with Crippen LogP contribution in [0.5, 0.6) is 0 Å². The fourth-order valence-corrected chi connectivity index (χ4v) is 1.36. The second kappa shape index (κ2) is 10.4. The molecule has 0 fully saturated rings. The Morgan fingerprint density at radius 3 is 2.00 bits per heavy atom. The molecular weight excluding hydrogens is 184 g/mol. The van der Waals surface area contributed by atoms with Gasteiger partial charge < -0.3 is 9.47 Å². The molecule has 0 unspecified atom stereocenters. The zero-order chi connectivity index (χ0) is 9.94. The third kappa shape index (κ3) is 8.60. The molecule has 3 heteroatoms. The monoisotopic (exact) mass is 206 g/mol. The lowest BCUT2D eigenvalue weighted by atomic mass is 10.4. The molecule has 2 nitrogen and oxygen atoms in total. The summed E-state index contributed by atoms with van der Waals surface area (Å²) < 4.78 is 11.1. The minimum absolute atomic E-state index is 0.0207. The molecule has 0 N–H and O–H groups in total. The van der Waals surface area contributed by atoms with Crippen LogP contribution < -0.4 is 0 Å². The molecule has 0 aromatic carbocycles. The van der Waals surface area contributed by atoms with Gasteiger partial charge >= 0.3 is 0 Å². The highest BCUT2D eigenvalue weighted by molar-refractivity contribution is 7.98. The number of hydrogen-bond acceptors (Lipinski definition) is 3. The van der Waals surface area contributed by atoms with Crippen molar-refractivity contribution in [3.05, 3.63) is 0 Å². The summed E-state index contributed by atoms with van der Waals surface area (Å²) in [7, 11) is 0. The molecule has 13 heavy (non-hydrogen) atoms. The van der Waals surface area contributed by atoms with Gasteiger partial charge in [-0.2, -0.15) is 11.8 Å². The minimum atomic E-state index is 0.0207. The van der Waals surface area contributed by atoms with E-state index < -0.39 is 0 Å². The first-order valence-corrected chi connectivity index (χ1v) is 6.46. The van der Waals surface area contributed by atoms with Crippen LogP contribution in [0, 0.1) is 0 Å². The lowest BCUT2D eigenvalue weighted by Crippen LogP contribution is -2.19. The largest absolute Gasteiger partial charge is 0.353 e. The first-order chi connectivity index (χ1) is 6.35. The van der Waals surface area contributed by atoms with Crippen molar-refractivity contribution in [2.45, 2.75) is 39.4 Å². The molecule has 0 aliphatic heterocycles. The van der Waals surface area contributed by atoms with Gasteiger partial charge in [0.05, 0.1) is 0 Å². The van der Waals surface area contributed by atoms with Crippen LogP contribution in [0.2, 0.25) is 0 Å². The highest BCUT2D eigenvalue weighted by Crippen LogP contribution is 2.07. The minimum Gasteiger partial charge on any atom is -0.353 e. The van der Waals surface area contributed by atoms with Gasteiger partial charge in [-0.25, -0.2) is 0 Å². The predicted molar refractivity (Wildman–Crippen MR) is 59.3 cm³/mol. The molecule has 0 aliphatic carbocycles. The Kier molecular flexibility index (Phi) is 10.6. The van der Waals surface area contributed by atoms with Crippen LogP contribution in [0.1, 0.15) is 33.1 Å². The lowest BCUT2D eigenvalue weighted by Gasteiger charge is -2.17. The molecule has 0 saturated heterocycles. The van der Waals surface area contributed by atoms with Crippen LogP contribution >= 0.6 is 11.8 Å². The molecule has 0 aromatic rings. The maximum Gasteiger partial charge on any atom is 0.158 e. The highest BCUT2D eigenvalue weighted by atomic mass is 32.2. The molecule has 0 radical (unpaired) electrons. The van der Waals surface area contributed by atoms with Crippen LogP contribution in [0.15, 0.2) is 0 Å². The Morgan fingerprint density at radius 2 is 1.62 bits per heavy atom. The van der Waals surface area contributed by atoms with Crippen molar-refractivity contribution in [3.63, 3.8) is 0 Å². The van der Waals surface area contributed by atoms with Gasteiger partial charge in [0.2, 0.25) is 0 Å². The second-order valence-electron chi connectivity index (χ2n) is 2.95. The van der Waals surface area contributed by atoms with E-state index in [1.807, 2.05) is 11.8 Å². The van der Waals surface area contributed by atoms with E-state index in [1.54, 1.807) is 0 Å². The molecule has 0 atom stereocenters. The van der Waals surface area contributed by atoms with E-state index in [1.165, 1.54) is 0 Å². The van der Waals surface area contributed by atoms with Crippen LogP contribution in [-0.4, -0.2) is 31.5 Å². The van der Waals surface area contributed by atoms with E-state index in [4.69, 9.17) is 9.47 Å². The third-order valence-electron chi connectivity index (χ3n) is 1.57. The van der Waals surface area contributed by atoms with Crippen molar-refractivity contribution in [3.8, 4) is 0 Å². The zero-order valence-electron chi connectivity index (χ0n) is 9.04. The number of hydrogen-bond donors (Lipinski definition) is 0.